The highest BCUT2D eigenvalue weighted by Crippen LogP contribution is 2.42. The number of hydroxylamine groups is 4. The fourth-order valence-electron chi connectivity index (χ4n) is 9.37. The molecule has 2 saturated heterocycles. The molecule has 17 heteroatoms. The van der Waals surface area contributed by atoms with Gasteiger partial charge in [0.15, 0.2) is 0 Å². The molecule has 0 N–H and O–H groups in total. The molecule has 0 spiro atoms. The lowest BCUT2D eigenvalue weighted by molar-refractivity contribution is -0.266. The highest BCUT2D eigenvalue weighted by Gasteiger charge is 2.50. The molecular formula is C38H65N15O2. The lowest BCUT2D eigenvalue weighted by Crippen LogP contribution is -2.64. The van der Waals surface area contributed by atoms with Crippen LogP contribution >= 0.6 is 0 Å². The average molecular weight is 764 g/mol. The quantitative estimate of drug-likeness (QED) is 0.233. The van der Waals surface area contributed by atoms with E-state index >= 15 is 0 Å². The van der Waals surface area contributed by atoms with E-state index in [0.29, 0.717) is 66.3 Å². The van der Waals surface area contributed by atoms with Crippen molar-refractivity contribution < 1.29 is 9.68 Å². The maximum atomic E-state index is 5.98. The molecule has 0 atom stereocenters. The summed E-state index contributed by atoms with van der Waals surface area (Å²) in [6.07, 6.45) is 3.26. The van der Waals surface area contributed by atoms with Gasteiger partial charge in [0.25, 0.3) is 0 Å². The summed E-state index contributed by atoms with van der Waals surface area (Å²) < 4.78 is 0. The molecule has 17 nitrogen and oxygen atoms in total. The first-order valence-electron chi connectivity index (χ1n) is 19.2. The van der Waals surface area contributed by atoms with Crippen LogP contribution < -0.4 is 19.6 Å². The fraction of sp³-hybridized carbons (Fsp3) is 0.763. The van der Waals surface area contributed by atoms with Crippen LogP contribution in [0.4, 0.5) is 23.8 Å². The lowest BCUT2D eigenvalue weighted by Gasteiger charge is -2.55. The van der Waals surface area contributed by atoms with Gasteiger partial charge in [0.05, 0.1) is 27.6 Å². The standard InChI is InChI=1S/C38H65N15O2/c1-24-39-25(2)42-31(41-24)48(14)22-51(30-20-37(10,11)53(55-17)38(12,13)21-30)34-46-28(5)43-32(47-34)49(15)23-50(33-44-26(3)40-27(4)45-33)29-18-35(6,7)52(54-16)36(8,9)19-29/h29-30H,18-23H2,1-17H3. The lowest BCUT2D eigenvalue weighted by atomic mass is 9.78. The third kappa shape index (κ3) is 9.21. The Morgan fingerprint density at radius 2 is 0.709 bits per heavy atom. The second kappa shape index (κ2) is 15.5. The zero-order valence-electron chi connectivity index (χ0n) is 36.4. The largest absolute Gasteiger partial charge is 0.326 e. The topological polar surface area (TPSA) is 154 Å². The third-order valence-electron chi connectivity index (χ3n) is 10.7. The zero-order chi connectivity index (χ0) is 40.8. The number of hydrogen-bond donors (Lipinski definition) is 0. The molecule has 0 amide bonds. The molecule has 5 heterocycles. The van der Waals surface area contributed by atoms with Crippen molar-refractivity contribution in [3.8, 4) is 0 Å². The van der Waals surface area contributed by atoms with E-state index in [1.807, 2.05) is 53.6 Å². The summed E-state index contributed by atoms with van der Waals surface area (Å²) in [7, 11) is 7.52. The van der Waals surface area contributed by atoms with Gasteiger partial charge in [0.2, 0.25) is 23.8 Å². The van der Waals surface area contributed by atoms with E-state index in [2.05, 4.69) is 100 Å². The van der Waals surface area contributed by atoms with Gasteiger partial charge in [-0.05, 0) is 116 Å². The van der Waals surface area contributed by atoms with Gasteiger partial charge in [-0.1, -0.05) is 0 Å². The normalized spacial score (nSPS) is 20.0. The second-order valence-corrected chi connectivity index (χ2v) is 17.9. The van der Waals surface area contributed by atoms with E-state index in [9.17, 15) is 0 Å². The van der Waals surface area contributed by atoms with E-state index in [0.717, 1.165) is 25.7 Å². The number of rotatable bonds is 12. The average Bonchev–Trinajstić information content (AvgIpc) is 3.02. The molecule has 0 radical (unpaired) electrons. The minimum Gasteiger partial charge on any atom is -0.326 e. The Bertz CT molecular complexity index is 1740. The van der Waals surface area contributed by atoms with Crippen LogP contribution in [0.5, 0.6) is 0 Å². The minimum absolute atomic E-state index is 0.0472. The Kier molecular flexibility index (Phi) is 11.9. The van der Waals surface area contributed by atoms with Crippen molar-refractivity contribution in [3.05, 3.63) is 29.1 Å². The summed E-state index contributed by atoms with van der Waals surface area (Å²) >= 11 is 0. The second-order valence-electron chi connectivity index (χ2n) is 17.9. The number of nitrogens with zero attached hydrogens (tertiary/aromatic N) is 15. The zero-order valence-corrected chi connectivity index (χ0v) is 36.4. The predicted molar refractivity (Wildman–Crippen MR) is 215 cm³/mol. The maximum absolute atomic E-state index is 5.98. The van der Waals surface area contributed by atoms with Crippen molar-refractivity contribution >= 4 is 23.8 Å². The molecule has 5 rings (SSSR count). The highest BCUT2D eigenvalue weighted by atomic mass is 16.7. The molecule has 0 saturated carbocycles. The predicted octanol–water partition coefficient (Wildman–Crippen LogP) is 4.75. The molecule has 2 fully saturated rings. The molecule has 0 unspecified atom stereocenters. The molecule has 55 heavy (non-hydrogen) atoms. The molecule has 3 aromatic rings. The van der Waals surface area contributed by atoms with Gasteiger partial charge < -0.3 is 29.3 Å². The first kappa shape index (κ1) is 42.2. The monoisotopic (exact) mass is 764 g/mol. The van der Waals surface area contributed by atoms with Crippen LogP contribution in [0, 0.1) is 34.6 Å². The smallest absolute Gasteiger partial charge is 0.232 e. The van der Waals surface area contributed by atoms with Gasteiger partial charge in [-0.3, -0.25) is 0 Å². The van der Waals surface area contributed by atoms with Crippen molar-refractivity contribution in [3.63, 3.8) is 0 Å². The fourth-order valence-corrected chi connectivity index (χ4v) is 9.37. The highest BCUT2D eigenvalue weighted by molar-refractivity contribution is 5.45. The van der Waals surface area contributed by atoms with E-state index in [-0.39, 0.29) is 34.2 Å². The number of piperidine rings is 2. The van der Waals surface area contributed by atoms with Gasteiger partial charge in [-0.2, -0.15) is 45.0 Å². The Labute approximate surface area is 328 Å². The molecule has 2 aliphatic heterocycles. The Balaban J connectivity index is 1.56. The van der Waals surface area contributed by atoms with Crippen molar-refractivity contribution in [1.29, 1.82) is 0 Å². The van der Waals surface area contributed by atoms with Gasteiger partial charge >= 0.3 is 0 Å². The van der Waals surface area contributed by atoms with Crippen molar-refractivity contribution in [2.75, 3.05) is 61.3 Å². The van der Waals surface area contributed by atoms with Crippen LogP contribution in [0.15, 0.2) is 0 Å². The summed E-state index contributed by atoms with van der Waals surface area (Å²) in [5.74, 6) is 5.67. The van der Waals surface area contributed by atoms with E-state index in [1.165, 1.54) is 0 Å². The summed E-state index contributed by atoms with van der Waals surface area (Å²) in [4.78, 5) is 63.7. The molecule has 3 aromatic heterocycles. The van der Waals surface area contributed by atoms with E-state index in [1.54, 1.807) is 14.2 Å². The van der Waals surface area contributed by atoms with Crippen LogP contribution in [0.2, 0.25) is 0 Å². The van der Waals surface area contributed by atoms with Gasteiger partial charge in [-0.15, -0.1) is 0 Å². The Morgan fingerprint density at radius 3 is 1.02 bits per heavy atom. The molecule has 0 aliphatic carbocycles. The van der Waals surface area contributed by atoms with Crippen molar-refractivity contribution in [1.82, 2.24) is 55.0 Å². The summed E-state index contributed by atoms with van der Waals surface area (Å²) in [5, 5.41) is 4.24. The maximum Gasteiger partial charge on any atom is 0.232 e. The molecule has 304 valence electrons. The number of hydrogen-bond acceptors (Lipinski definition) is 17. The van der Waals surface area contributed by atoms with Crippen LogP contribution in [0.1, 0.15) is 110 Å². The van der Waals surface area contributed by atoms with Gasteiger partial charge in [0, 0.05) is 48.3 Å². The summed E-state index contributed by atoms with van der Waals surface area (Å²) in [5.41, 5.74) is -1.06. The van der Waals surface area contributed by atoms with E-state index < -0.39 is 0 Å². The number of anilines is 4. The minimum atomic E-state index is -0.277. The van der Waals surface area contributed by atoms with Crippen molar-refractivity contribution in [2.45, 2.75) is 150 Å². The van der Waals surface area contributed by atoms with Gasteiger partial charge in [0.1, 0.15) is 29.1 Å². The van der Waals surface area contributed by atoms with Crippen molar-refractivity contribution in [2.24, 2.45) is 0 Å². The first-order valence-corrected chi connectivity index (χ1v) is 19.2. The SMILES string of the molecule is CON1C(C)(C)CC(N(CN(C)c2nc(C)nc(N(CN(C)c3nc(C)nc(C)n3)C3CC(C)(C)N(OC)C(C)(C)C3)n2)c2nc(C)nc(C)n2)CC1(C)C. The van der Waals surface area contributed by atoms with Crippen LogP contribution in [0.3, 0.4) is 0 Å². The molecule has 0 aromatic carbocycles. The molecular weight excluding hydrogens is 699 g/mol. The Hall–Kier alpha value is -3.93. The van der Waals surface area contributed by atoms with Crippen LogP contribution in [0.25, 0.3) is 0 Å². The Morgan fingerprint density at radius 1 is 0.455 bits per heavy atom. The van der Waals surface area contributed by atoms with Crippen LogP contribution in [-0.4, -0.2) is 131 Å². The number of aromatic nitrogens is 9. The summed E-state index contributed by atoms with van der Waals surface area (Å²) in [6, 6.07) is 0.126. The first-order chi connectivity index (χ1) is 25.5. The number of aryl methyl sites for hydroxylation is 5. The third-order valence-corrected chi connectivity index (χ3v) is 10.7. The molecule has 0 bridgehead atoms. The van der Waals surface area contributed by atoms with E-state index in [4.69, 9.17) is 34.6 Å². The van der Waals surface area contributed by atoms with Gasteiger partial charge in [-0.25, -0.2) is 9.97 Å². The summed E-state index contributed by atoms with van der Waals surface area (Å²) in [6.45, 7) is 28.2. The van der Waals surface area contributed by atoms with Crippen LogP contribution in [-0.2, 0) is 9.68 Å². The molecule has 2 aliphatic rings.